The van der Waals surface area contributed by atoms with Gasteiger partial charge in [0.2, 0.25) is 5.78 Å². The molecule has 5 aliphatic rings. The fourth-order valence-corrected chi connectivity index (χ4v) is 7.47. The van der Waals surface area contributed by atoms with Crippen molar-refractivity contribution >= 4 is 23.2 Å². The molecule has 0 aliphatic heterocycles. The van der Waals surface area contributed by atoms with Crippen LogP contribution in [0.25, 0.3) is 5.76 Å². The molecule has 0 bridgehead atoms. The van der Waals surface area contributed by atoms with E-state index in [-0.39, 0.29) is 29.2 Å². The first-order valence-corrected chi connectivity index (χ1v) is 14.5. The van der Waals surface area contributed by atoms with E-state index < -0.39 is 57.9 Å². The Balaban J connectivity index is 1.44. The van der Waals surface area contributed by atoms with Crippen LogP contribution in [-0.2, 0) is 27.3 Å². The molecule has 1 aromatic carbocycles. The summed E-state index contributed by atoms with van der Waals surface area (Å²) in [7, 11) is 0. The first-order valence-electron chi connectivity index (χ1n) is 14.5. The van der Waals surface area contributed by atoms with Crippen LogP contribution in [0.3, 0.4) is 0 Å². The minimum Gasteiger partial charge on any atom is -0.508 e. The van der Waals surface area contributed by atoms with Crippen LogP contribution in [0.15, 0.2) is 29.0 Å². The summed E-state index contributed by atoms with van der Waals surface area (Å²) in [6.07, 6.45) is 5.43. The summed E-state index contributed by atoms with van der Waals surface area (Å²) in [5.41, 5.74) is 3.87. The predicted molar refractivity (Wildman–Crippen MR) is 146 cm³/mol. The van der Waals surface area contributed by atoms with Gasteiger partial charge in [-0.25, -0.2) is 0 Å². The van der Waals surface area contributed by atoms with Crippen LogP contribution >= 0.6 is 0 Å². The van der Waals surface area contributed by atoms with Crippen molar-refractivity contribution in [1.82, 2.24) is 4.90 Å². The van der Waals surface area contributed by atoms with Gasteiger partial charge in [0, 0.05) is 37.0 Å². The highest BCUT2D eigenvalue weighted by Gasteiger charge is 2.64. The highest BCUT2D eigenvalue weighted by Crippen LogP contribution is 2.55. The summed E-state index contributed by atoms with van der Waals surface area (Å²) >= 11 is 0. The Kier molecular flexibility index (Phi) is 6.38. The van der Waals surface area contributed by atoms with Crippen molar-refractivity contribution in [2.75, 3.05) is 13.1 Å². The molecular formula is C31H38N2O7. The SMILES string of the molecule is CC(C)[C@@H]1C(=O)C(C(N)=O)=C(O)[C@@]2(O)C(=O)C3=C(O)c4c(O)ccc(CN(CC5CC5)CC5CC5)c4C[C@H]3C[C@@H]12. The number of ketones is 2. The zero-order valence-corrected chi connectivity index (χ0v) is 23.0. The molecule has 9 nitrogen and oxygen atoms in total. The lowest BCUT2D eigenvalue weighted by Crippen LogP contribution is -2.62. The van der Waals surface area contributed by atoms with Gasteiger partial charge in [-0.15, -0.1) is 0 Å². The smallest absolute Gasteiger partial charge is 0.255 e. The molecule has 1 amide bonds. The second kappa shape index (κ2) is 9.45. The van der Waals surface area contributed by atoms with Crippen molar-refractivity contribution in [1.29, 1.82) is 0 Å². The molecule has 4 atom stereocenters. The number of nitrogens with two attached hydrogens (primary N) is 1. The quantitative estimate of drug-likeness (QED) is 0.309. The first kappa shape index (κ1) is 27.0. The second-order valence-corrected chi connectivity index (χ2v) is 13.0. The topological polar surface area (TPSA) is 161 Å². The minimum atomic E-state index is -2.58. The Morgan fingerprint density at radius 1 is 1.07 bits per heavy atom. The molecule has 3 saturated carbocycles. The number of carbonyl (C=O) groups is 3. The number of primary amides is 1. The van der Waals surface area contributed by atoms with Gasteiger partial charge in [-0.3, -0.25) is 19.3 Å². The van der Waals surface area contributed by atoms with E-state index in [4.69, 9.17) is 5.73 Å². The summed E-state index contributed by atoms with van der Waals surface area (Å²) < 4.78 is 0. The number of phenols is 1. The summed E-state index contributed by atoms with van der Waals surface area (Å²) in [5, 5.41) is 45.1. The predicted octanol–water partition coefficient (Wildman–Crippen LogP) is 2.93. The van der Waals surface area contributed by atoms with Gasteiger partial charge in [0.1, 0.15) is 22.8 Å². The number of fused-ring (bicyclic) bond motifs is 3. The number of hydrogen-bond acceptors (Lipinski definition) is 8. The van der Waals surface area contributed by atoms with Gasteiger partial charge < -0.3 is 26.2 Å². The lowest BCUT2D eigenvalue weighted by Gasteiger charge is -2.50. The number of aliphatic hydroxyl groups is 3. The van der Waals surface area contributed by atoms with Gasteiger partial charge in [-0.05, 0) is 79.4 Å². The van der Waals surface area contributed by atoms with Crippen LogP contribution in [0.2, 0.25) is 0 Å². The maximum absolute atomic E-state index is 14.0. The molecule has 40 heavy (non-hydrogen) atoms. The van der Waals surface area contributed by atoms with Crippen molar-refractivity contribution in [3.63, 3.8) is 0 Å². The van der Waals surface area contributed by atoms with Crippen LogP contribution in [0.1, 0.15) is 62.6 Å². The number of rotatable bonds is 8. The highest BCUT2D eigenvalue weighted by atomic mass is 16.3. The van der Waals surface area contributed by atoms with Gasteiger partial charge in [0.05, 0.1) is 5.56 Å². The molecule has 0 heterocycles. The van der Waals surface area contributed by atoms with Crippen molar-refractivity contribution in [2.45, 2.75) is 64.5 Å². The van der Waals surface area contributed by atoms with Gasteiger partial charge in [0.15, 0.2) is 11.4 Å². The average Bonchev–Trinajstić information content (AvgIpc) is 3.80. The summed E-state index contributed by atoms with van der Waals surface area (Å²) in [5.74, 6) is -5.89. The van der Waals surface area contributed by atoms with Crippen molar-refractivity contribution in [3.8, 4) is 5.75 Å². The molecular weight excluding hydrogens is 512 g/mol. The molecule has 6 N–H and O–H groups in total. The Labute approximate surface area is 233 Å². The lowest BCUT2D eigenvalue weighted by atomic mass is 9.54. The fourth-order valence-electron chi connectivity index (χ4n) is 7.47. The maximum Gasteiger partial charge on any atom is 0.255 e. The zero-order chi connectivity index (χ0) is 28.7. The fraction of sp³-hybridized carbons (Fsp3) is 0.581. The van der Waals surface area contributed by atoms with Crippen LogP contribution in [0.4, 0.5) is 0 Å². The number of benzene rings is 1. The Hall–Kier alpha value is -3.17. The van der Waals surface area contributed by atoms with E-state index in [0.29, 0.717) is 24.8 Å². The third kappa shape index (κ3) is 4.16. The van der Waals surface area contributed by atoms with Crippen LogP contribution in [0, 0.1) is 35.5 Å². The number of Topliss-reactive ketones (excluding diaryl/α,β-unsaturated/α-hetero) is 2. The molecule has 5 aliphatic carbocycles. The number of carbonyl (C=O) groups excluding carboxylic acids is 3. The van der Waals surface area contributed by atoms with Crippen molar-refractivity contribution in [3.05, 3.63) is 45.7 Å². The summed E-state index contributed by atoms with van der Waals surface area (Å²) in [4.78, 5) is 41.9. The third-order valence-electron chi connectivity index (χ3n) is 9.77. The molecule has 1 aromatic rings. The Morgan fingerprint density at radius 3 is 2.25 bits per heavy atom. The summed E-state index contributed by atoms with van der Waals surface area (Å²) in [6, 6.07) is 3.41. The Morgan fingerprint density at radius 2 is 1.70 bits per heavy atom. The zero-order valence-electron chi connectivity index (χ0n) is 23.0. The first-order chi connectivity index (χ1) is 18.9. The second-order valence-electron chi connectivity index (χ2n) is 13.0. The van der Waals surface area contributed by atoms with E-state index in [2.05, 4.69) is 4.90 Å². The number of amides is 1. The van der Waals surface area contributed by atoms with E-state index in [0.717, 1.165) is 24.2 Å². The van der Waals surface area contributed by atoms with E-state index in [1.54, 1.807) is 13.8 Å². The highest BCUT2D eigenvalue weighted by molar-refractivity contribution is 6.23. The monoisotopic (exact) mass is 550 g/mol. The number of phenolic OH excluding ortho intramolecular Hbond substituents is 1. The summed E-state index contributed by atoms with van der Waals surface area (Å²) in [6.45, 7) is 6.23. The molecule has 0 radical (unpaired) electrons. The van der Waals surface area contributed by atoms with Crippen LogP contribution in [0.5, 0.6) is 5.75 Å². The number of aromatic hydroxyl groups is 1. The molecule has 0 saturated heterocycles. The van der Waals surface area contributed by atoms with E-state index in [1.807, 2.05) is 6.07 Å². The third-order valence-corrected chi connectivity index (χ3v) is 9.77. The van der Waals surface area contributed by atoms with Gasteiger partial charge in [-0.2, -0.15) is 0 Å². The number of aliphatic hydroxyl groups excluding tert-OH is 2. The molecule has 9 heteroatoms. The Bertz CT molecular complexity index is 1360. The van der Waals surface area contributed by atoms with Crippen molar-refractivity contribution in [2.24, 2.45) is 41.2 Å². The molecule has 6 rings (SSSR count). The molecule has 3 fully saturated rings. The van der Waals surface area contributed by atoms with E-state index >= 15 is 0 Å². The van der Waals surface area contributed by atoms with E-state index in [1.165, 1.54) is 31.7 Å². The molecule has 214 valence electrons. The number of nitrogens with zero attached hydrogens (tertiary/aromatic N) is 1. The maximum atomic E-state index is 14.0. The van der Waals surface area contributed by atoms with Crippen molar-refractivity contribution < 1.29 is 34.8 Å². The van der Waals surface area contributed by atoms with Crippen LogP contribution in [-0.4, -0.2) is 61.5 Å². The largest absolute Gasteiger partial charge is 0.508 e. The van der Waals surface area contributed by atoms with Gasteiger partial charge in [-0.1, -0.05) is 19.9 Å². The molecule has 0 unspecified atom stereocenters. The van der Waals surface area contributed by atoms with Gasteiger partial charge in [0.25, 0.3) is 5.91 Å². The lowest BCUT2D eigenvalue weighted by molar-refractivity contribution is -0.155. The minimum absolute atomic E-state index is 0.0984. The van der Waals surface area contributed by atoms with E-state index in [9.17, 15) is 34.8 Å². The molecule has 0 aromatic heterocycles. The van der Waals surface area contributed by atoms with Crippen LogP contribution < -0.4 is 5.73 Å². The normalized spacial score (nSPS) is 30.1. The standard InChI is InChI=1S/C31H38N2O7/c1-14(2)22-20-10-18-9-19-17(13-33(11-15-3-4-15)12-16-5-6-16)7-8-21(34)24(19)27(36)23(18)28(37)31(20,40)29(38)25(26(22)35)30(32)39/h7-8,14-16,18,20,22,34,36,38,40H,3-6,9-13H2,1-2H3,(H2,32,39)/t18-,20-,22-,31-/m0/s1. The average molecular weight is 551 g/mol. The molecule has 0 spiro atoms. The number of hydrogen-bond donors (Lipinski definition) is 5. The van der Waals surface area contributed by atoms with Gasteiger partial charge >= 0.3 is 0 Å².